The van der Waals surface area contributed by atoms with E-state index in [0.29, 0.717) is 24.8 Å². The predicted molar refractivity (Wildman–Crippen MR) is 94.0 cm³/mol. The third kappa shape index (κ3) is 4.20. The number of nitrogens with zero attached hydrogens (tertiary/aromatic N) is 2. The number of hydrogen-bond acceptors (Lipinski definition) is 5. The van der Waals surface area contributed by atoms with E-state index in [0.717, 1.165) is 26.1 Å². The molecule has 2 heterocycles. The minimum absolute atomic E-state index is 0.0968. The third-order valence-corrected chi connectivity index (χ3v) is 6.32. The first-order valence-electron chi connectivity index (χ1n) is 8.63. The molecule has 1 amide bonds. The molecular formula is C17H25N3O4S. The summed E-state index contributed by atoms with van der Waals surface area (Å²) in [4.78, 5) is 17.2. The highest BCUT2D eigenvalue weighted by Crippen LogP contribution is 2.23. The van der Waals surface area contributed by atoms with Gasteiger partial charge in [-0.3, -0.25) is 9.69 Å². The maximum absolute atomic E-state index is 12.8. The molecule has 1 atom stereocenters. The molecule has 2 aliphatic heterocycles. The van der Waals surface area contributed by atoms with Crippen LogP contribution in [0, 0.1) is 0 Å². The van der Waals surface area contributed by atoms with Gasteiger partial charge in [-0.15, -0.1) is 0 Å². The van der Waals surface area contributed by atoms with Crippen LogP contribution < -0.4 is 4.72 Å². The molecule has 1 aromatic rings. The summed E-state index contributed by atoms with van der Waals surface area (Å²) in [5, 5.41) is 0. The van der Waals surface area contributed by atoms with Crippen molar-refractivity contribution in [3.63, 3.8) is 0 Å². The quantitative estimate of drug-likeness (QED) is 0.742. The van der Waals surface area contributed by atoms with Gasteiger partial charge in [0.1, 0.15) is 0 Å². The van der Waals surface area contributed by atoms with Crippen LogP contribution in [-0.2, 0) is 14.8 Å². The number of piperazine rings is 1. The second-order valence-corrected chi connectivity index (χ2v) is 8.27. The Labute approximate surface area is 149 Å². The number of methoxy groups -OCH3 is 1. The van der Waals surface area contributed by atoms with Gasteiger partial charge in [0.05, 0.1) is 11.5 Å². The van der Waals surface area contributed by atoms with E-state index in [9.17, 15) is 13.2 Å². The molecule has 0 saturated carbocycles. The van der Waals surface area contributed by atoms with Crippen molar-refractivity contribution in [3.8, 4) is 0 Å². The Bertz CT molecular complexity index is 722. The molecule has 0 radical (unpaired) electrons. The van der Waals surface area contributed by atoms with E-state index in [1.165, 1.54) is 25.7 Å². The largest absolute Gasteiger partial charge is 0.383 e. The standard InChI is InChI=1S/C17H25N3O4S/c1-24-11-7-18-25(22,23)16-6-2-4-14(12-16)17(21)20-10-9-19-8-3-5-15(19)13-20/h2,4,6,12,15,18H,3,5,7-11,13H2,1H3/t15-/m0/s1. The van der Waals surface area contributed by atoms with Crippen LogP contribution in [0.15, 0.2) is 29.2 Å². The number of ether oxygens (including phenoxy) is 1. The lowest BCUT2D eigenvalue weighted by molar-refractivity contribution is 0.0571. The summed E-state index contributed by atoms with van der Waals surface area (Å²) in [5.41, 5.74) is 0.418. The van der Waals surface area contributed by atoms with Gasteiger partial charge in [-0.25, -0.2) is 13.1 Å². The molecule has 2 saturated heterocycles. The van der Waals surface area contributed by atoms with Crippen LogP contribution in [0.5, 0.6) is 0 Å². The molecule has 1 N–H and O–H groups in total. The predicted octanol–water partition coefficient (Wildman–Crippen LogP) is 0.532. The maximum Gasteiger partial charge on any atom is 0.253 e. The Balaban J connectivity index is 1.71. The van der Waals surface area contributed by atoms with E-state index < -0.39 is 10.0 Å². The van der Waals surface area contributed by atoms with Crippen LogP contribution in [0.2, 0.25) is 0 Å². The zero-order valence-corrected chi connectivity index (χ0v) is 15.3. The monoisotopic (exact) mass is 367 g/mol. The number of carbonyl (C=O) groups is 1. The molecule has 138 valence electrons. The number of benzene rings is 1. The Morgan fingerprint density at radius 3 is 2.96 bits per heavy atom. The van der Waals surface area contributed by atoms with Crippen molar-refractivity contribution < 1.29 is 17.9 Å². The number of fused-ring (bicyclic) bond motifs is 1. The van der Waals surface area contributed by atoms with Gasteiger partial charge in [0.15, 0.2) is 0 Å². The first-order valence-corrected chi connectivity index (χ1v) is 10.1. The summed E-state index contributed by atoms with van der Waals surface area (Å²) in [6, 6.07) is 6.70. The van der Waals surface area contributed by atoms with Crippen molar-refractivity contribution in [3.05, 3.63) is 29.8 Å². The molecule has 0 spiro atoms. The summed E-state index contributed by atoms with van der Waals surface area (Å²) in [6.45, 7) is 3.92. The zero-order valence-electron chi connectivity index (χ0n) is 14.5. The van der Waals surface area contributed by atoms with Gasteiger partial charge in [-0.05, 0) is 37.6 Å². The molecule has 8 heteroatoms. The van der Waals surface area contributed by atoms with E-state index >= 15 is 0 Å². The molecule has 3 rings (SSSR count). The van der Waals surface area contributed by atoms with Crippen molar-refractivity contribution in [1.82, 2.24) is 14.5 Å². The van der Waals surface area contributed by atoms with Crippen LogP contribution in [0.4, 0.5) is 0 Å². The summed E-state index contributed by atoms with van der Waals surface area (Å²) in [7, 11) is -2.13. The summed E-state index contributed by atoms with van der Waals surface area (Å²) in [6.07, 6.45) is 2.31. The average Bonchev–Trinajstić information content (AvgIpc) is 3.09. The lowest BCUT2D eigenvalue weighted by atomic mass is 10.1. The van der Waals surface area contributed by atoms with Gasteiger partial charge in [0, 0.05) is 44.9 Å². The van der Waals surface area contributed by atoms with Gasteiger partial charge in [0.2, 0.25) is 10.0 Å². The van der Waals surface area contributed by atoms with Gasteiger partial charge in [-0.2, -0.15) is 0 Å². The fourth-order valence-electron chi connectivity index (χ4n) is 3.52. The number of nitrogens with one attached hydrogen (secondary N) is 1. The number of sulfonamides is 1. The van der Waals surface area contributed by atoms with Gasteiger partial charge >= 0.3 is 0 Å². The number of rotatable bonds is 6. The number of hydrogen-bond donors (Lipinski definition) is 1. The molecule has 1 aromatic carbocycles. The fourth-order valence-corrected chi connectivity index (χ4v) is 4.57. The number of amides is 1. The minimum atomic E-state index is -3.64. The third-order valence-electron chi connectivity index (χ3n) is 4.86. The Morgan fingerprint density at radius 2 is 2.16 bits per heavy atom. The van der Waals surface area contributed by atoms with Crippen molar-refractivity contribution >= 4 is 15.9 Å². The first-order chi connectivity index (χ1) is 12.0. The van der Waals surface area contributed by atoms with Crippen molar-refractivity contribution in [2.24, 2.45) is 0 Å². The van der Waals surface area contributed by atoms with E-state index in [1.54, 1.807) is 12.1 Å². The Morgan fingerprint density at radius 1 is 1.32 bits per heavy atom. The Kier molecular flexibility index (Phi) is 5.73. The normalized spacial score (nSPS) is 21.3. The molecule has 25 heavy (non-hydrogen) atoms. The molecule has 7 nitrogen and oxygen atoms in total. The van der Waals surface area contributed by atoms with Gasteiger partial charge in [-0.1, -0.05) is 6.07 Å². The van der Waals surface area contributed by atoms with Crippen LogP contribution in [0.1, 0.15) is 23.2 Å². The smallest absolute Gasteiger partial charge is 0.253 e. The van der Waals surface area contributed by atoms with E-state index in [2.05, 4.69) is 9.62 Å². The summed E-state index contributed by atoms with van der Waals surface area (Å²) >= 11 is 0. The summed E-state index contributed by atoms with van der Waals surface area (Å²) in [5.74, 6) is -0.0968. The van der Waals surface area contributed by atoms with Crippen LogP contribution in [0.3, 0.4) is 0 Å². The van der Waals surface area contributed by atoms with E-state index in [4.69, 9.17) is 4.74 Å². The van der Waals surface area contributed by atoms with Gasteiger partial charge in [0.25, 0.3) is 5.91 Å². The fraction of sp³-hybridized carbons (Fsp3) is 0.588. The number of carbonyl (C=O) groups excluding carboxylic acids is 1. The van der Waals surface area contributed by atoms with Crippen LogP contribution in [0.25, 0.3) is 0 Å². The second kappa shape index (κ2) is 7.82. The molecule has 0 bridgehead atoms. The second-order valence-electron chi connectivity index (χ2n) is 6.50. The average molecular weight is 367 g/mol. The molecular weight excluding hydrogens is 342 g/mol. The zero-order chi connectivity index (χ0) is 17.9. The highest BCUT2D eigenvalue weighted by atomic mass is 32.2. The minimum Gasteiger partial charge on any atom is -0.383 e. The highest BCUT2D eigenvalue weighted by molar-refractivity contribution is 7.89. The lowest BCUT2D eigenvalue weighted by Crippen LogP contribution is -2.52. The van der Waals surface area contributed by atoms with Crippen LogP contribution in [-0.4, -0.2) is 76.6 Å². The van der Waals surface area contributed by atoms with E-state index in [1.807, 2.05) is 4.90 Å². The Hall–Kier alpha value is -1.48. The SMILES string of the molecule is COCCNS(=O)(=O)c1cccc(C(=O)N2CCN3CCC[C@H]3C2)c1. The van der Waals surface area contributed by atoms with Crippen LogP contribution >= 0.6 is 0 Å². The summed E-state index contributed by atoms with van der Waals surface area (Å²) < 4.78 is 31.9. The van der Waals surface area contributed by atoms with Gasteiger partial charge < -0.3 is 9.64 Å². The van der Waals surface area contributed by atoms with Crippen molar-refractivity contribution in [2.45, 2.75) is 23.8 Å². The molecule has 0 aromatic heterocycles. The topological polar surface area (TPSA) is 78.9 Å². The molecule has 2 fully saturated rings. The highest BCUT2D eigenvalue weighted by Gasteiger charge is 2.32. The van der Waals surface area contributed by atoms with Crippen molar-refractivity contribution in [2.75, 3.05) is 46.4 Å². The first kappa shape index (κ1) is 18.3. The maximum atomic E-state index is 12.8. The van der Waals surface area contributed by atoms with E-state index in [-0.39, 0.29) is 17.3 Å². The molecule has 0 unspecified atom stereocenters. The molecule has 0 aliphatic carbocycles. The lowest BCUT2D eigenvalue weighted by Gasteiger charge is -2.37. The molecule has 2 aliphatic rings. The van der Waals surface area contributed by atoms with Crippen molar-refractivity contribution in [1.29, 1.82) is 0 Å².